The van der Waals surface area contributed by atoms with Crippen LogP contribution >= 0.6 is 24.0 Å². The molecule has 32 heavy (non-hydrogen) atoms. The molecule has 0 saturated carbocycles. The molecule has 2 unspecified atom stereocenters. The van der Waals surface area contributed by atoms with E-state index in [2.05, 4.69) is 55.9 Å². The minimum Gasteiger partial charge on any atom is -0.352 e. The Morgan fingerprint density at radius 2 is 1.94 bits per heavy atom. The maximum atomic E-state index is 11.9. The minimum absolute atomic E-state index is 0. The Morgan fingerprint density at radius 1 is 1.16 bits per heavy atom. The number of guanidine groups is 1. The number of hydrogen-bond acceptors (Lipinski definition) is 3. The first kappa shape index (κ1) is 24.0. The maximum absolute atomic E-state index is 11.9. The number of likely N-dealkylation sites (tertiary alicyclic amines) is 1. The molecule has 170 valence electrons. The van der Waals surface area contributed by atoms with E-state index in [1.165, 1.54) is 5.56 Å². The van der Waals surface area contributed by atoms with Crippen molar-refractivity contribution in [3.63, 3.8) is 0 Å². The van der Waals surface area contributed by atoms with Crippen LogP contribution in [0.25, 0.3) is 0 Å². The SMILES string of the molecule is CN=C(NCc1ccc(Cn2ccccc2=O)cc1)N1CCC(C)C(n2ccnc2)C1.I. The Bertz CT molecular complexity index is 1060. The molecule has 1 aliphatic rings. The molecule has 1 N–H and O–H groups in total. The molecule has 3 aromatic rings. The molecule has 1 fully saturated rings. The number of halogens is 1. The number of benzene rings is 1. The van der Waals surface area contributed by atoms with E-state index in [0.29, 0.717) is 25.0 Å². The van der Waals surface area contributed by atoms with Crippen molar-refractivity contribution in [3.8, 4) is 0 Å². The van der Waals surface area contributed by atoms with Gasteiger partial charge in [-0.05, 0) is 29.5 Å². The monoisotopic (exact) mass is 546 g/mol. The predicted molar refractivity (Wildman–Crippen MR) is 138 cm³/mol. The lowest BCUT2D eigenvalue weighted by atomic mass is 9.93. The van der Waals surface area contributed by atoms with Gasteiger partial charge >= 0.3 is 0 Å². The molecule has 2 aromatic heterocycles. The van der Waals surface area contributed by atoms with Crippen LogP contribution in [0.5, 0.6) is 0 Å². The average molecular weight is 546 g/mol. The Labute approximate surface area is 206 Å². The Kier molecular flexibility index (Phi) is 8.49. The summed E-state index contributed by atoms with van der Waals surface area (Å²) < 4.78 is 3.92. The number of nitrogens with one attached hydrogen (secondary N) is 1. The van der Waals surface area contributed by atoms with E-state index in [1.54, 1.807) is 16.7 Å². The van der Waals surface area contributed by atoms with Crippen LogP contribution in [0.15, 0.2) is 77.2 Å². The van der Waals surface area contributed by atoms with Gasteiger partial charge in [-0.25, -0.2) is 4.98 Å². The van der Waals surface area contributed by atoms with Crippen molar-refractivity contribution in [2.75, 3.05) is 20.1 Å². The number of piperidine rings is 1. The third kappa shape index (κ3) is 5.79. The predicted octanol–water partition coefficient (Wildman–Crippen LogP) is 3.37. The second-order valence-corrected chi connectivity index (χ2v) is 8.17. The molecule has 0 radical (unpaired) electrons. The van der Waals surface area contributed by atoms with Crippen LogP contribution in [0.4, 0.5) is 0 Å². The molecular weight excluding hydrogens is 515 g/mol. The van der Waals surface area contributed by atoms with E-state index in [-0.39, 0.29) is 29.5 Å². The molecule has 0 spiro atoms. The summed E-state index contributed by atoms with van der Waals surface area (Å²) in [6.45, 7) is 5.51. The summed E-state index contributed by atoms with van der Waals surface area (Å²) in [5, 5.41) is 3.51. The molecule has 8 heteroatoms. The van der Waals surface area contributed by atoms with Crippen LogP contribution < -0.4 is 10.9 Å². The normalized spacial score (nSPS) is 18.8. The van der Waals surface area contributed by atoms with E-state index in [1.807, 2.05) is 38.0 Å². The van der Waals surface area contributed by atoms with Crippen molar-refractivity contribution in [3.05, 3.63) is 88.9 Å². The molecule has 4 rings (SSSR count). The highest BCUT2D eigenvalue weighted by atomic mass is 127. The van der Waals surface area contributed by atoms with E-state index in [9.17, 15) is 4.79 Å². The van der Waals surface area contributed by atoms with E-state index < -0.39 is 0 Å². The number of rotatable bonds is 5. The van der Waals surface area contributed by atoms with Crippen molar-refractivity contribution in [2.45, 2.75) is 32.5 Å². The largest absolute Gasteiger partial charge is 0.352 e. The fourth-order valence-corrected chi connectivity index (χ4v) is 4.16. The van der Waals surface area contributed by atoms with Crippen LogP contribution in [0, 0.1) is 5.92 Å². The maximum Gasteiger partial charge on any atom is 0.250 e. The smallest absolute Gasteiger partial charge is 0.250 e. The highest BCUT2D eigenvalue weighted by Crippen LogP contribution is 2.27. The molecule has 0 aliphatic carbocycles. The fraction of sp³-hybridized carbons (Fsp3) is 0.375. The number of hydrogen-bond donors (Lipinski definition) is 1. The van der Waals surface area contributed by atoms with Crippen LogP contribution in [0.2, 0.25) is 0 Å². The highest BCUT2D eigenvalue weighted by Gasteiger charge is 2.28. The van der Waals surface area contributed by atoms with Gasteiger partial charge in [0, 0.05) is 51.3 Å². The first-order valence-electron chi connectivity index (χ1n) is 10.8. The number of pyridine rings is 1. The third-order valence-corrected chi connectivity index (χ3v) is 6.06. The number of aromatic nitrogens is 3. The van der Waals surface area contributed by atoms with E-state index >= 15 is 0 Å². The molecular formula is C24H31IN6O. The zero-order valence-electron chi connectivity index (χ0n) is 18.6. The zero-order chi connectivity index (χ0) is 21.6. The first-order chi connectivity index (χ1) is 15.1. The molecule has 0 bridgehead atoms. The van der Waals surface area contributed by atoms with Crippen LogP contribution in [-0.2, 0) is 13.1 Å². The Balaban J connectivity index is 0.00000289. The second kappa shape index (κ2) is 11.3. The summed E-state index contributed by atoms with van der Waals surface area (Å²) >= 11 is 0. The lowest BCUT2D eigenvalue weighted by Crippen LogP contribution is -2.48. The topological polar surface area (TPSA) is 67.5 Å². The molecule has 1 aromatic carbocycles. The number of imidazole rings is 1. The van der Waals surface area contributed by atoms with Gasteiger partial charge in [-0.2, -0.15) is 0 Å². The highest BCUT2D eigenvalue weighted by molar-refractivity contribution is 14.0. The van der Waals surface area contributed by atoms with Gasteiger partial charge in [0.05, 0.1) is 18.9 Å². The quantitative estimate of drug-likeness (QED) is 0.303. The molecule has 0 amide bonds. The van der Waals surface area contributed by atoms with Crippen LogP contribution in [-0.4, -0.2) is 45.1 Å². The van der Waals surface area contributed by atoms with Gasteiger partial charge in [0.25, 0.3) is 5.56 Å². The molecule has 7 nitrogen and oxygen atoms in total. The van der Waals surface area contributed by atoms with Gasteiger partial charge in [0.2, 0.25) is 0 Å². The van der Waals surface area contributed by atoms with Crippen molar-refractivity contribution in [2.24, 2.45) is 10.9 Å². The number of nitrogens with zero attached hydrogens (tertiary/aromatic N) is 5. The Morgan fingerprint density at radius 3 is 2.62 bits per heavy atom. The van der Waals surface area contributed by atoms with Gasteiger partial charge in [0.15, 0.2) is 5.96 Å². The van der Waals surface area contributed by atoms with Gasteiger partial charge in [-0.3, -0.25) is 9.79 Å². The van der Waals surface area contributed by atoms with Gasteiger partial charge in [0.1, 0.15) is 0 Å². The number of aliphatic imine (C=N–C) groups is 1. The lowest BCUT2D eigenvalue weighted by molar-refractivity contribution is 0.189. The van der Waals surface area contributed by atoms with Crippen LogP contribution in [0.3, 0.4) is 0 Å². The van der Waals surface area contributed by atoms with Crippen molar-refractivity contribution < 1.29 is 0 Å². The molecule has 1 aliphatic heterocycles. The summed E-state index contributed by atoms with van der Waals surface area (Å²) in [7, 11) is 1.84. The molecule has 1 saturated heterocycles. The molecule has 2 atom stereocenters. The summed E-state index contributed by atoms with van der Waals surface area (Å²) in [4.78, 5) is 23.0. The van der Waals surface area contributed by atoms with Crippen molar-refractivity contribution in [1.29, 1.82) is 0 Å². The fourth-order valence-electron chi connectivity index (χ4n) is 4.16. The van der Waals surface area contributed by atoms with E-state index in [0.717, 1.165) is 31.0 Å². The summed E-state index contributed by atoms with van der Waals surface area (Å²) in [6.07, 6.45) is 8.74. The van der Waals surface area contributed by atoms with Crippen molar-refractivity contribution >= 4 is 29.9 Å². The standard InChI is InChI=1S/C24H30N6O.HI/c1-19-10-13-29(17-22(19)30-14-11-26-18-30)24(25-2)27-15-20-6-8-21(9-7-20)16-28-12-4-3-5-23(28)31;/h3-9,11-12,14,18-19,22H,10,13,15-17H2,1-2H3,(H,25,27);1H. The molecule has 3 heterocycles. The van der Waals surface area contributed by atoms with Gasteiger partial charge in [-0.15, -0.1) is 24.0 Å². The zero-order valence-corrected chi connectivity index (χ0v) is 20.9. The summed E-state index contributed by atoms with van der Waals surface area (Å²) in [5.74, 6) is 1.53. The van der Waals surface area contributed by atoms with Gasteiger partial charge < -0.3 is 19.4 Å². The first-order valence-corrected chi connectivity index (χ1v) is 10.8. The summed E-state index contributed by atoms with van der Waals surface area (Å²) in [5.41, 5.74) is 2.30. The third-order valence-electron chi connectivity index (χ3n) is 6.06. The lowest BCUT2D eigenvalue weighted by Gasteiger charge is -2.39. The van der Waals surface area contributed by atoms with Gasteiger partial charge in [-0.1, -0.05) is 37.3 Å². The minimum atomic E-state index is 0. The van der Waals surface area contributed by atoms with E-state index in [4.69, 9.17) is 0 Å². The summed E-state index contributed by atoms with van der Waals surface area (Å²) in [6, 6.07) is 14.0. The second-order valence-electron chi connectivity index (χ2n) is 8.17. The average Bonchev–Trinajstić information content (AvgIpc) is 3.32. The van der Waals surface area contributed by atoms with Crippen molar-refractivity contribution in [1.82, 2.24) is 24.3 Å². The Hall–Kier alpha value is -2.62. The van der Waals surface area contributed by atoms with Crippen LogP contribution in [0.1, 0.15) is 30.5 Å².